The Balaban J connectivity index is 1.01. The first-order chi connectivity index (χ1) is 30.4. The number of hydrogen-bond acceptors (Lipinski definition) is 8. The maximum absolute atomic E-state index is 13.5. The fraction of sp³-hybridized carbons (Fsp3) is 0.385. The summed E-state index contributed by atoms with van der Waals surface area (Å²) in [6, 6.07) is 31.4. The van der Waals surface area contributed by atoms with Gasteiger partial charge in [0.2, 0.25) is 11.8 Å². The lowest BCUT2D eigenvalue weighted by Crippen LogP contribution is -2.12. The SMILES string of the molecule is CCCCC(CC)COc1ccc2nc(-c3cc4ccccc4n3CCCCn3c(-c4nc5ccc(OCC(CC)CCCC)cc5c(=O)o4)cc4ccccc43)oc(=O)c2c1. The van der Waals surface area contributed by atoms with Crippen LogP contribution in [0.1, 0.15) is 91.9 Å². The van der Waals surface area contributed by atoms with Gasteiger partial charge in [0, 0.05) is 34.9 Å². The third-order valence-electron chi connectivity index (χ3n) is 12.3. The molecule has 322 valence electrons. The smallest absolute Gasteiger partial charge is 0.347 e. The van der Waals surface area contributed by atoms with Gasteiger partial charge in [-0.05, 0) is 98.2 Å². The van der Waals surface area contributed by atoms with Gasteiger partial charge in [0.25, 0.3) is 0 Å². The molecule has 10 nitrogen and oxygen atoms in total. The van der Waals surface area contributed by atoms with Crippen molar-refractivity contribution in [3.05, 3.63) is 118 Å². The molecule has 0 bridgehead atoms. The van der Waals surface area contributed by atoms with Crippen LogP contribution in [0, 0.1) is 11.8 Å². The Hall–Kier alpha value is -6.16. The first-order valence-electron chi connectivity index (χ1n) is 22.7. The maximum Gasteiger partial charge on any atom is 0.347 e. The number of para-hydroxylation sites is 2. The molecule has 4 aromatic carbocycles. The highest BCUT2D eigenvalue weighted by atomic mass is 16.5. The van der Waals surface area contributed by atoms with E-state index in [0.29, 0.717) is 71.4 Å². The van der Waals surface area contributed by atoms with Crippen LogP contribution in [0.4, 0.5) is 0 Å². The number of aromatic nitrogens is 4. The molecule has 0 saturated carbocycles. The Morgan fingerprint density at radius 1 is 0.548 bits per heavy atom. The Morgan fingerprint density at radius 2 is 0.984 bits per heavy atom. The zero-order valence-corrected chi connectivity index (χ0v) is 36.5. The van der Waals surface area contributed by atoms with Crippen molar-refractivity contribution in [3.63, 3.8) is 0 Å². The molecule has 2 atom stereocenters. The highest BCUT2D eigenvalue weighted by Gasteiger charge is 2.20. The summed E-state index contributed by atoms with van der Waals surface area (Å²) in [4.78, 5) is 36.8. The largest absolute Gasteiger partial charge is 0.493 e. The van der Waals surface area contributed by atoms with Gasteiger partial charge in [-0.1, -0.05) is 103 Å². The molecule has 4 heterocycles. The molecule has 0 N–H and O–H groups in total. The van der Waals surface area contributed by atoms with Gasteiger partial charge in [-0.15, -0.1) is 0 Å². The Labute approximate surface area is 362 Å². The van der Waals surface area contributed by atoms with Gasteiger partial charge in [0.05, 0.1) is 35.0 Å². The minimum absolute atomic E-state index is 0.282. The Bertz CT molecular complexity index is 2710. The van der Waals surface area contributed by atoms with E-state index in [2.05, 4.69) is 61.1 Å². The summed E-state index contributed by atoms with van der Waals surface area (Å²) in [5, 5.41) is 2.88. The van der Waals surface area contributed by atoms with Crippen LogP contribution < -0.4 is 20.7 Å². The van der Waals surface area contributed by atoms with Gasteiger partial charge < -0.3 is 27.4 Å². The molecular weight excluding hydrogens is 777 g/mol. The summed E-state index contributed by atoms with van der Waals surface area (Å²) in [5.41, 5.74) is 3.81. The summed E-state index contributed by atoms with van der Waals surface area (Å²) < 4.78 is 28.6. The van der Waals surface area contributed by atoms with Crippen LogP contribution >= 0.6 is 0 Å². The second-order valence-electron chi connectivity index (χ2n) is 16.6. The predicted octanol–water partition coefficient (Wildman–Crippen LogP) is 12.6. The number of unbranched alkanes of at least 4 members (excludes halogenated alkanes) is 3. The van der Waals surface area contributed by atoms with Gasteiger partial charge in [-0.3, -0.25) is 0 Å². The third-order valence-corrected chi connectivity index (χ3v) is 12.3. The third kappa shape index (κ3) is 9.34. The summed E-state index contributed by atoms with van der Waals surface area (Å²) in [6.07, 6.45) is 10.7. The number of aryl methyl sites for hydroxylation is 2. The zero-order chi connectivity index (χ0) is 43.0. The van der Waals surface area contributed by atoms with E-state index in [0.717, 1.165) is 84.6 Å². The molecule has 0 spiro atoms. The van der Waals surface area contributed by atoms with Crippen LogP contribution in [-0.4, -0.2) is 32.3 Å². The van der Waals surface area contributed by atoms with E-state index in [4.69, 9.17) is 28.3 Å². The van der Waals surface area contributed by atoms with Crippen molar-refractivity contribution in [2.24, 2.45) is 11.8 Å². The number of nitrogens with zero attached hydrogens (tertiary/aromatic N) is 4. The van der Waals surface area contributed by atoms with Gasteiger partial charge in [-0.25, -0.2) is 19.6 Å². The lowest BCUT2D eigenvalue weighted by atomic mass is 10.0. The average molecular weight is 835 g/mol. The zero-order valence-electron chi connectivity index (χ0n) is 36.5. The second-order valence-corrected chi connectivity index (χ2v) is 16.6. The van der Waals surface area contributed by atoms with Crippen LogP contribution in [0.5, 0.6) is 11.5 Å². The van der Waals surface area contributed by atoms with E-state index in [1.807, 2.05) is 60.7 Å². The van der Waals surface area contributed by atoms with Crippen molar-refractivity contribution in [1.29, 1.82) is 0 Å². The van der Waals surface area contributed by atoms with E-state index in [1.165, 1.54) is 12.8 Å². The Morgan fingerprint density at radius 3 is 1.40 bits per heavy atom. The maximum atomic E-state index is 13.5. The number of benzene rings is 4. The summed E-state index contributed by atoms with van der Waals surface area (Å²) >= 11 is 0. The minimum atomic E-state index is -0.442. The van der Waals surface area contributed by atoms with E-state index >= 15 is 0 Å². The van der Waals surface area contributed by atoms with Crippen LogP contribution in [-0.2, 0) is 13.1 Å². The van der Waals surface area contributed by atoms with Crippen molar-refractivity contribution in [3.8, 4) is 34.7 Å². The molecule has 0 aliphatic carbocycles. The van der Waals surface area contributed by atoms with Crippen molar-refractivity contribution in [1.82, 2.24) is 19.1 Å². The molecule has 0 saturated heterocycles. The lowest BCUT2D eigenvalue weighted by Gasteiger charge is -2.16. The molecule has 4 aromatic heterocycles. The molecule has 0 fully saturated rings. The number of fused-ring (bicyclic) bond motifs is 4. The quantitative estimate of drug-likeness (QED) is 0.0657. The normalized spacial score (nSPS) is 12.8. The van der Waals surface area contributed by atoms with Crippen molar-refractivity contribution < 1.29 is 18.3 Å². The lowest BCUT2D eigenvalue weighted by molar-refractivity contribution is 0.233. The van der Waals surface area contributed by atoms with Crippen molar-refractivity contribution in [2.75, 3.05) is 13.2 Å². The molecular formula is C52H58N4O6. The van der Waals surface area contributed by atoms with Crippen molar-refractivity contribution >= 4 is 43.6 Å². The number of rotatable bonds is 21. The fourth-order valence-electron chi connectivity index (χ4n) is 8.52. The van der Waals surface area contributed by atoms with E-state index < -0.39 is 11.3 Å². The minimum Gasteiger partial charge on any atom is -0.493 e. The molecule has 0 radical (unpaired) electrons. The summed E-state index contributed by atoms with van der Waals surface area (Å²) in [7, 11) is 0. The van der Waals surface area contributed by atoms with Crippen LogP contribution in [0.15, 0.2) is 115 Å². The van der Waals surface area contributed by atoms with Crippen LogP contribution in [0.25, 0.3) is 66.8 Å². The monoisotopic (exact) mass is 834 g/mol. The average Bonchev–Trinajstić information content (AvgIpc) is 3.86. The first-order valence-corrected chi connectivity index (χ1v) is 22.7. The fourth-order valence-corrected chi connectivity index (χ4v) is 8.52. The predicted molar refractivity (Wildman–Crippen MR) is 249 cm³/mol. The van der Waals surface area contributed by atoms with Gasteiger partial charge in [0.15, 0.2) is 0 Å². The van der Waals surface area contributed by atoms with Gasteiger partial charge in [0.1, 0.15) is 22.9 Å². The topological polar surface area (TPSA) is 115 Å². The highest BCUT2D eigenvalue weighted by Crippen LogP contribution is 2.32. The van der Waals surface area contributed by atoms with E-state index in [1.54, 1.807) is 12.1 Å². The molecule has 0 aliphatic rings. The van der Waals surface area contributed by atoms with Crippen LogP contribution in [0.3, 0.4) is 0 Å². The standard InChI is InChI=1S/C52H58N4O6/c1-5-9-17-35(7-3)33-59-39-23-25-43-41(31-39)51(57)61-49(53-43)47-29-37-19-11-13-21-45(37)55(47)27-15-16-28-56-46-22-14-12-20-38(46)30-48(56)50-54-44-26-24-40(32-42(44)52(58)62-50)60-34-36(8-4)18-10-6-2/h11-14,19-26,29-32,35-36H,5-10,15-18,27-28,33-34H2,1-4H3. The number of ether oxygens (including phenoxy) is 2. The number of hydrogen-bond donors (Lipinski definition) is 0. The van der Waals surface area contributed by atoms with E-state index in [9.17, 15) is 9.59 Å². The molecule has 0 amide bonds. The summed E-state index contributed by atoms with van der Waals surface area (Å²) in [5.74, 6) is 2.82. The molecule has 62 heavy (non-hydrogen) atoms. The van der Waals surface area contributed by atoms with Crippen LogP contribution in [0.2, 0.25) is 0 Å². The van der Waals surface area contributed by atoms with E-state index in [-0.39, 0.29) is 11.8 Å². The molecule has 2 unspecified atom stereocenters. The highest BCUT2D eigenvalue weighted by molar-refractivity contribution is 5.88. The summed E-state index contributed by atoms with van der Waals surface area (Å²) in [6.45, 7) is 11.4. The molecule has 0 aliphatic heterocycles. The molecule has 10 heteroatoms. The Kier molecular flexibility index (Phi) is 13.5. The van der Waals surface area contributed by atoms with Crippen molar-refractivity contribution in [2.45, 2.75) is 105 Å². The molecule has 8 aromatic rings. The second kappa shape index (κ2) is 19.7. The molecule has 8 rings (SSSR count). The van der Waals surface area contributed by atoms with Gasteiger partial charge >= 0.3 is 11.3 Å². The first kappa shape index (κ1) is 42.5. The van der Waals surface area contributed by atoms with Gasteiger partial charge in [-0.2, -0.15) is 0 Å².